The van der Waals surface area contributed by atoms with Crippen LogP contribution in [0.3, 0.4) is 0 Å². The number of carbonyl (C=O) groups excluding carboxylic acids is 1. The summed E-state index contributed by atoms with van der Waals surface area (Å²) in [6.45, 7) is 8.20. The van der Waals surface area contributed by atoms with Crippen LogP contribution in [0.4, 0.5) is 0 Å². The average Bonchev–Trinajstić information content (AvgIpc) is 3.02. The Labute approximate surface area is 154 Å². The highest BCUT2D eigenvalue weighted by atomic mass is 16.5. The van der Waals surface area contributed by atoms with Crippen LogP contribution in [0.5, 0.6) is 11.5 Å². The lowest BCUT2D eigenvalue weighted by Gasteiger charge is -2.14. The van der Waals surface area contributed by atoms with Crippen LogP contribution in [-0.4, -0.2) is 5.97 Å². The molecule has 0 aromatic heterocycles. The van der Waals surface area contributed by atoms with E-state index in [2.05, 4.69) is 33.8 Å². The summed E-state index contributed by atoms with van der Waals surface area (Å²) >= 11 is 0. The van der Waals surface area contributed by atoms with E-state index in [9.17, 15) is 10.1 Å². The molecule has 0 N–H and O–H groups in total. The lowest BCUT2D eigenvalue weighted by Crippen LogP contribution is -2.15. The molecule has 1 atom stereocenters. The second-order valence-corrected chi connectivity index (χ2v) is 7.81. The van der Waals surface area contributed by atoms with E-state index in [1.807, 2.05) is 30.3 Å². The summed E-state index contributed by atoms with van der Waals surface area (Å²) in [5, 5.41) is 9.50. The van der Waals surface area contributed by atoms with Crippen molar-refractivity contribution in [3.05, 3.63) is 60.2 Å². The van der Waals surface area contributed by atoms with E-state index >= 15 is 0 Å². The molecule has 3 rings (SSSR count). The van der Waals surface area contributed by atoms with Crippen LogP contribution in [0.25, 0.3) is 0 Å². The van der Waals surface area contributed by atoms with Crippen molar-refractivity contribution in [3.8, 4) is 17.6 Å². The normalized spacial score (nSPS) is 18.4. The number of para-hydroxylation sites is 1. The summed E-state index contributed by atoms with van der Waals surface area (Å²) in [6.07, 6.45) is -0.950. The van der Waals surface area contributed by atoms with E-state index in [1.165, 1.54) is 0 Å². The number of rotatable bonds is 5. The van der Waals surface area contributed by atoms with Gasteiger partial charge in [0.15, 0.2) is 0 Å². The molecule has 0 spiro atoms. The van der Waals surface area contributed by atoms with Crippen molar-refractivity contribution < 1.29 is 14.3 Å². The number of nitriles is 1. The van der Waals surface area contributed by atoms with E-state index in [4.69, 9.17) is 9.47 Å². The monoisotopic (exact) mass is 349 g/mol. The van der Waals surface area contributed by atoms with Crippen molar-refractivity contribution in [2.45, 2.75) is 33.8 Å². The van der Waals surface area contributed by atoms with Gasteiger partial charge in [0.25, 0.3) is 0 Å². The molecule has 1 saturated carbocycles. The molecule has 134 valence electrons. The minimum absolute atomic E-state index is 0.123. The molecule has 0 bridgehead atoms. The zero-order valence-corrected chi connectivity index (χ0v) is 15.5. The van der Waals surface area contributed by atoms with E-state index in [0.29, 0.717) is 17.1 Å². The molecule has 2 aromatic carbocycles. The second-order valence-electron chi connectivity index (χ2n) is 7.81. The maximum Gasteiger partial charge on any atom is 0.311 e. The third-order valence-electron chi connectivity index (χ3n) is 5.75. The molecule has 0 radical (unpaired) electrons. The lowest BCUT2D eigenvalue weighted by atomic mass is 10.0. The van der Waals surface area contributed by atoms with Gasteiger partial charge in [-0.3, -0.25) is 4.79 Å². The van der Waals surface area contributed by atoms with Crippen LogP contribution in [0.1, 0.15) is 39.4 Å². The summed E-state index contributed by atoms with van der Waals surface area (Å²) in [6, 6.07) is 18.6. The molecule has 1 aliphatic carbocycles. The molecular formula is C22H23NO3. The maximum atomic E-state index is 12.6. The Morgan fingerprint density at radius 1 is 1.00 bits per heavy atom. The molecule has 0 unspecified atom stereocenters. The molecule has 2 aromatic rings. The Kier molecular flexibility index (Phi) is 4.50. The highest BCUT2D eigenvalue weighted by Gasteiger charge is 2.69. The molecule has 4 nitrogen and oxygen atoms in total. The van der Waals surface area contributed by atoms with E-state index in [1.54, 1.807) is 24.3 Å². The highest BCUT2D eigenvalue weighted by molar-refractivity contribution is 5.79. The van der Waals surface area contributed by atoms with Crippen LogP contribution >= 0.6 is 0 Å². The number of benzene rings is 2. The summed E-state index contributed by atoms with van der Waals surface area (Å²) in [5.74, 6) is 0.782. The second kappa shape index (κ2) is 6.49. The lowest BCUT2D eigenvalue weighted by molar-refractivity contribution is -0.150. The van der Waals surface area contributed by atoms with Crippen molar-refractivity contribution in [1.82, 2.24) is 0 Å². The number of hydrogen-bond donors (Lipinski definition) is 0. The molecule has 26 heavy (non-hydrogen) atoms. The number of ether oxygens (including phenoxy) is 2. The Hall–Kier alpha value is -2.80. The highest BCUT2D eigenvalue weighted by Crippen LogP contribution is 2.68. The van der Waals surface area contributed by atoms with Crippen LogP contribution in [-0.2, 0) is 9.53 Å². The first-order valence-corrected chi connectivity index (χ1v) is 8.70. The first-order valence-electron chi connectivity index (χ1n) is 8.70. The summed E-state index contributed by atoms with van der Waals surface area (Å²) < 4.78 is 11.3. The number of nitrogens with zero attached hydrogens (tertiary/aromatic N) is 1. The van der Waals surface area contributed by atoms with Gasteiger partial charge in [-0.1, -0.05) is 58.0 Å². The van der Waals surface area contributed by atoms with Gasteiger partial charge in [-0.2, -0.15) is 5.26 Å². The fourth-order valence-electron chi connectivity index (χ4n) is 3.50. The van der Waals surface area contributed by atoms with Gasteiger partial charge in [-0.25, -0.2) is 0 Å². The number of carbonyl (C=O) groups is 1. The van der Waals surface area contributed by atoms with Gasteiger partial charge in [0.05, 0.1) is 5.92 Å². The third-order valence-corrected chi connectivity index (χ3v) is 5.75. The Balaban J connectivity index is 1.74. The molecule has 0 heterocycles. The SMILES string of the molecule is CC1(C)C(C(=O)O[C@H](C#N)c2cccc(Oc3ccccc3)c2)C1(C)C. The molecule has 0 aliphatic heterocycles. The zero-order chi connectivity index (χ0) is 18.9. The van der Waals surface area contributed by atoms with Gasteiger partial charge >= 0.3 is 5.97 Å². The standard InChI is InChI=1S/C22H23NO3/c1-21(2)19(22(21,3)4)20(24)26-18(14-23)15-9-8-12-17(13-15)25-16-10-6-5-7-11-16/h5-13,18-19H,1-4H3/t18-/m1/s1. The fraction of sp³-hybridized carbons (Fsp3) is 0.364. The summed E-state index contributed by atoms with van der Waals surface area (Å²) in [5.41, 5.74) is 0.357. The maximum absolute atomic E-state index is 12.6. The topological polar surface area (TPSA) is 59.3 Å². The summed E-state index contributed by atoms with van der Waals surface area (Å²) in [7, 11) is 0. The zero-order valence-electron chi connectivity index (χ0n) is 15.5. The molecule has 0 amide bonds. The molecule has 0 saturated heterocycles. The number of esters is 1. The summed E-state index contributed by atoms with van der Waals surface area (Å²) in [4.78, 5) is 12.6. The quantitative estimate of drug-likeness (QED) is 0.690. The predicted molar refractivity (Wildman–Crippen MR) is 98.5 cm³/mol. The Morgan fingerprint density at radius 2 is 1.62 bits per heavy atom. The first kappa shape index (κ1) is 18.0. The minimum Gasteiger partial charge on any atom is -0.457 e. The van der Waals surface area contributed by atoms with E-state index in [-0.39, 0.29) is 22.7 Å². The third kappa shape index (κ3) is 3.17. The number of hydrogen-bond acceptors (Lipinski definition) is 4. The Morgan fingerprint density at radius 3 is 2.19 bits per heavy atom. The fourth-order valence-corrected chi connectivity index (χ4v) is 3.50. The van der Waals surface area contributed by atoms with Crippen LogP contribution in [0, 0.1) is 28.1 Å². The van der Waals surface area contributed by atoms with E-state index in [0.717, 1.165) is 0 Å². The van der Waals surface area contributed by atoms with Gasteiger partial charge < -0.3 is 9.47 Å². The van der Waals surface area contributed by atoms with Crippen LogP contribution < -0.4 is 4.74 Å². The van der Waals surface area contributed by atoms with Crippen molar-refractivity contribution in [3.63, 3.8) is 0 Å². The van der Waals surface area contributed by atoms with Crippen molar-refractivity contribution >= 4 is 5.97 Å². The van der Waals surface area contributed by atoms with Crippen LogP contribution in [0.15, 0.2) is 54.6 Å². The van der Waals surface area contributed by atoms with E-state index < -0.39 is 6.10 Å². The largest absolute Gasteiger partial charge is 0.457 e. The van der Waals surface area contributed by atoms with Gasteiger partial charge in [-0.15, -0.1) is 0 Å². The van der Waals surface area contributed by atoms with Crippen molar-refractivity contribution in [1.29, 1.82) is 5.26 Å². The molecular weight excluding hydrogens is 326 g/mol. The minimum atomic E-state index is -0.950. The van der Waals surface area contributed by atoms with Gasteiger partial charge in [0, 0.05) is 5.56 Å². The predicted octanol–water partition coefficient (Wildman–Crippen LogP) is 5.27. The first-order chi connectivity index (χ1) is 12.3. The van der Waals surface area contributed by atoms with Gasteiger partial charge in [-0.05, 0) is 35.1 Å². The molecule has 1 fully saturated rings. The smallest absolute Gasteiger partial charge is 0.311 e. The Bertz CT molecular complexity index is 835. The molecule has 4 heteroatoms. The van der Waals surface area contributed by atoms with Crippen LogP contribution in [0.2, 0.25) is 0 Å². The van der Waals surface area contributed by atoms with Crippen molar-refractivity contribution in [2.75, 3.05) is 0 Å². The molecule has 1 aliphatic rings. The van der Waals surface area contributed by atoms with Gasteiger partial charge in [0.2, 0.25) is 6.10 Å². The van der Waals surface area contributed by atoms with Gasteiger partial charge in [0.1, 0.15) is 17.6 Å². The van der Waals surface area contributed by atoms with Crippen molar-refractivity contribution in [2.24, 2.45) is 16.7 Å². The average molecular weight is 349 g/mol.